The van der Waals surface area contributed by atoms with Gasteiger partial charge in [-0.15, -0.1) is 0 Å². The van der Waals surface area contributed by atoms with Crippen LogP contribution in [-0.4, -0.2) is 46.7 Å². The maximum Gasteiger partial charge on any atom is 0.405 e. The van der Waals surface area contributed by atoms with E-state index in [1.165, 1.54) is 0 Å². The molecular weight excluding hydrogens is 365 g/mol. The van der Waals surface area contributed by atoms with Crippen LogP contribution in [-0.2, 0) is 11.2 Å². The summed E-state index contributed by atoms with van der Waals surface area (Å²) in [4.78, 5) is 29.8. The topological polar surface area (TPSA) is 94.8 Å². The second-order valence-corrected chi connectivity index (χ2v) is 7.86. The highest BCUT2D eigenvalue weighted by atomic mass is 19.1. The first-order valence-corrected chi connectivity index (χ1v) is 9.49. The second-order valence-electron chi connectivity index (χ2n) is 7.86. The number of carbonyl (C=O) groups excluding carboxylic acids is 2. The summed E-state index contributed by atoms with van der Waals surface area (Å²) in [5.41, 5.74) is 6.00. The number of hydrogen-bond acceptors (Lipinski definition) is 5. The highest BCUT2D eigenvalue weighted by Gasteiger charge is 2.36. The molecule has 1 aromatic heterocycles. The van der Waals surface area contributed by atoms with Crippen molar-refractivity contribution in [3.05, 3.63) is 35.3 Å². The van der Waals surface area contributed by atoms with Crippen molar-refractivity contribution in [2.45, 2.75) is 57.6 Å². The summed E-state index contributed by atoms with van der Waals surface area (Å²) in [6.07, 6.45) is 3.23. The van der Waals surface area contributed by atoms with E-state index in [0.717, 1.165) is 18.5 Å². The highest BCUT2D eigenvalue weighted by molar-refractivity contribution is 5.96. The molecule has 152 valence electrons. The van der Waals surface area contributed by atoms with Gasteiger partial charge >= 0.3 is 6.09 Å². The lowest BCUT2D eigenvalue weighted by atomic mass is 9.99. The quantitative estimate of drug-likeness (QED) is 0.735. The number of nitrogens with two attached hydrogens (primary N) is 1. The number of halogens is 1. The van der Waals surface area contributed by atoms with E-state index < -0.39 is 11.7 Å². The van der Waals surface area contributed by atoms with Crippen molar-refractivity contribution in [1.82, 2.24) is 9.88 Å². The zero-order chi connectivity index (χ0) is 20.3. The van der Waals surface area contributed by atoms with Crippen LogP contribution in [0.15, 0.2) is 24.0 Å². The van der Waals surface area contributed by atoms with E-state index in [1.54, 1.807) is 26.0 Å². The van der Waals surface area contributed by atoms with Crippen LogP contribution in [0.25, 0.3) is 0 Å². The lowest BCUT2D eigenvalue weighted by molar-refractivity contribution is 0.0390. The second kappa shape index (κ2) is 8.16. The Morgan fingerprint density at radius 3 is 2.82 bits per heavy atom. The Kier molecular flexibility index (Phi) is 5.86. The van der Waals surface area contributed by atoms with Gasteiger partial charge in [-0.25, -0.2) is 14.2 Å². The Labute approximate surface area is 163 Å². The maximum atomic E-state index is 13.2. The summed E-state index contributed by atoms with van der Waals surface area (Å²) in [6.45, 7) is 4.12. The molecule has 7 nitrogen and oxygen atoms in total. The van der Waals surface area contributed by atoms with Gasteiger partial charge in [0.1, 0.15) is 12.2 Å². The van der Waals surface area contributed by atoms with Gasteiger partial charge in [0.2, 0.25) is 5.88 Å². The number of amides is 2. The first kappa shape index (κ1) is 20.1. The minimum atomic E-state index is -0.861. The molecule has 1 aliphatic heterocycles. The van der Waals surface area contributed by atoms with Gasteiger partial charge < -0.3 is 20.1 Å². The van der Waals surface area contributed by atoms with Crippen LogP contribution in [0.3, 0.4) is 0 Å². The molecule has 2 N–H and O–H groups in total. The number of ether oxygens (including phenoxy) is 2. The molecule has 0 radical (unpaired) electrons. The van der Waals surface area contributed by atoms with Crippen LogP contribution in [0.2, 0.25) is 0 Å². The maximum absolute atomic E-state index is 13.2. The number of aromatic nitrogens is 1. The molecule has 1 saturated carbocycles. The Balaban J connectivity index is 1.55. The fraction of sp³-hybridized carbons (Fsp3) is 0.550. The standard InChI is InChI=1S/C20H26FN3O4/c1-20(2,28-19(22)26)9-7-13(11-21)12-27-17-6-5-15-16(23-17)8-10-24(18(15)25)14-3-4-14/h5-6,11,14H,3-4,7-10,12H2,1-2H3,(H2,22,26). The highest BCUT2D eigenvalue weighted by Crippen LogP contribution is 2.31. The van der Waals surface area contributed by atoms with Crippen LogP contribution in [0.5, 0.6) is 5.88 Å². The fourth-order valence-corrected chi connectivity index (χ4v) is 3.27. The monoisotopic (exact) mass is 391 g/mol. The molecule has 1 aromatic rings. The SMILES string of the molecule is CC(C)(CCC(=CF)COc1ccc2c(n1)CCN(C1CC1)C2=O)OC(N)=O. The van der Waals surface area contributed by atoms with E-state index >= 15 is 0 Å². The van der Waals surface area contributed by atoms with E-state index in [1.807, 2.05) is 4.90 Å². The number of primary amides is 1. The smallest absolute Gasteiger partial charge is 0.405 e. The van der Waals surface area contributed by atoms with Crippen molar-refractivity contribution in [3.63, 3.8) is 0 Å². The molecule has 2 amide bonds. The lowest BCUT2D eigenvalue weighted by Gasteiger charge is -2.28. The summed E-state index contributed by atoms with van der Waals surface area (Å²) in [6, 6.07) is 3.76. The van der Waals surface area contributed by atoms with E-state index in [0.29, 0.717) is 55.2 Å². The third kappa shape index (κ3) is 4.99. The number of rotatable bonds is 8. The third-order valence-electron chi connectivity index (χ3n) is 5.00. The molecule has 2 heterocycles. The number of carbonyl (C=O) groups is 2. The Morgan fingerprint density at radius 2 is 2.18 bits per heavy atom. The fourth-order valence-electron chi connectivity index (χ4n) is 3.27. The average Bonchev–Trinajstić information content (AvgIpc) is 3.46. The largest absolute Gasteiger partial charge is 0.473 e. The third-order valence-corrected chi connectivity index (χ3v) is 5.00. The molecule has 28 heavy (non-hydrogen) atoms. The van der Waals surface area contributed by atoms with Crippen LogP contribution in [0.1, 0.15) is 55.6 Å². The molecule has 0 unspecified atom stereocenters. The summed E-state index contributed by atoms with van der Waals surface area (Å²) in [5, 5.41) is 0. The Hall–Kier alpha value is -2.64. The van der Waals surface area contributed by atoms with Gasteiger partial charge in [0.05, 0.1) is 17.6 Å². The molecule has 1 fully saturated rings. The van der Waals surface area contributed by atoms with Crippen molar-refractivity contribution in [2.24, 2.45) is 5.73 Å². The van der Waals surface area contributed by atoms with E-state index in [-0.39, 0.29) is 12.5 Å². The molecule has 0 spiro atoms. The number of hydrogen-bond donors (Lipinski definition) is 1. The van der Waals surface area contributed by atoms with Crippen molar-refractivity contribution in [1.29, 1.82) is 0 Å². The Morgan fingerprint density at radius 1 is 1.43 bits per heavy atom. The van der Waals surface area contributed by atoms with E-state index in [2.05, 4.69) is 4.98 Å². The van der Waals surface area contributed by atoms with Crippen molar-refractivity contribution in [2.75, 3.05) is 13.2 Å². The van der Waals surface area contributed by atoms with Crippen LogP contribution >= 0.6 is 0 Å². The summed E-state index contributed by atoms with van der Waals surface area (Å²) in [5.74, 6) is 0.391. The molecule has 0 saturated heterocycles. The van der Waals surface area contributed by atoms with Crippen LogP contribution in [0.4, 0.5) is 9.18 Å². The van der Waals surface area contributed by atoms with Gasteiger partial charge in [-0.05, 0) is 51.2 Å². The Bertz CT molecular complexity index is 790. The molecule has 2 aliphatic rings. The number of pyridine rings is 1. The zero-order valence-electron chi connectivity index (χ0n) is 16.2. The van der Waals surface area contributed by atoms with Gasteiger partial charge in [-0.2, -0.15) is 0 Å². The molecule has 0 aromatic carbocycles. The molecule has 0 atom stereocenters. The molecule has 1 aliphatic carbocycles. The van der Waals surface area contributed by atoms with E-state index in [9.17, 15) is 14.0 Å². The predicted molar refractivity (Wildman–Crippen MR) is 101 cm³/mol. The van der Waals surface area contributed by atoms with Crippen molar-refractivity contribution >= 4 is 12.0 Å². The predicted octanol–water partition coefficient (Wildman–Crippen LogP) is 3.13. The minimum absolute atomic E-state index is 0.0249. The van der Waals surface area contributed by atoms with Crippen molar-refractivity contribution in [3.8, 4) is 5.88 Å². The van der Waals surface area contributed by atoms with Crippen LogP contribution in [0, 0.1) is 0 Å². The van der Waals surface area contributed by atoms with Gasteiger partial charge in [-0.3, -0.25) is 4.79 Å². The lowest BCUT2D eigenvalue weighted by Crippen LogP contribution is -2.39. The zero-order valence-corrected chi connectivity index (χ0v) is 16.2. The minimum Gasteiger partial charge on any atom is -0.473 e. The summed E-state index contributed by atoms with van der Waals surface area (Å²) in [7, 11) is 0. The van der Waals surface area contributed by atoms with Gasteiger partial charge in [-0.1, -0.05) is 0 Å². The normalized spacial score (nSPS) is 17.3. The van der Waals surface area contributed by atoms with Gasteiger partial charge in [0, 0.05) is 25.1 Å². The number of fused-ring (bicyclic) bond motifs is 1. The van der Waals surface area contributed by atoms with E-state index in [4.69, 9.17) is 15.2 Å². The molecule has 0 bridgehead atoms. The molecule has 3 rings (SSSR count). The first-order valence-electron chi connectivity index (χ1n) is 9.49. The summed E-state index contributed by atoms with van der Waals surface area (Å²) < 4.78 is 23.8. The average molecular weight is 391 g/mol. The number of nitrogens with zero attached hydrogens (tertiary/aromatic N) is 2. The van der Waals surface area contributed by atoms with Gasteiger partial charge in [0.15, 0.2) is 0 Å². The molecular formula is C20H26FN3O4. The van der Waals surface area contributed by atoms with Gasteiger partial charge in [0.25, 0.3) is 5.91 Å². The van der Waals surface area contributed by atoms with Crippen molar-refractivity contribution < 1.29 is 23.5 Å². The summed E-state index contributed by atoms with van der Waals surface area (Å²) >= 11 is 0. The molecule has 8 heteroatoms. The van der Waals surface area contributed by atoms with Crippen LogP contribution < -0.4 is 10.5 Å². The first-order chi connectivity index (χ1) is 13.3.